The number of benzene rings is 1. The standard InChI is InChI=1S/C11H10N4/c12-5-7-2-1-3-9-8(4-10(13)14)6-15-11(7)9/h1-3,6,15H,4H2,(H3,13,14). The van der Waals surface area contributed by atoms with Crippen LogP contribution in [0.15, 0.2) is 24.4 Å². The first-order valence-electron chi connectivity index (χ1n) is 4.54. The quantitative estimate of drug-likeness (QED) is 0.504. The van der Waals surface area contributed by atoms with Crippen LogP contribution in [0.4, 0.5) is 0 Å². The fraction of sp³-hybridized carbons (Fsp3) is 0.0909. The molecule has 4 N–H and O–H groups in total. The van der Waals surface area contributed by atoms with Gasteiger partial charge in [-0.3, -0.25) is 5.41 Å². The number of hydrogen-bond acceptors (Lipinski definition) is 2. The van der Waals surface area contributed by atoms with E-state index >= 15 is 0 Å². The van der Waals surface area contributed by atoms with Crippen LogP contribution in [-0.2, 0) is 6.42 Å². The number of nitrogens with zero attached hydrogens (tertiary/aromatic N) is 1. The summed E-state index contributed by atoms with van der Waals surface area (Å²) in [5, 5.41) is 17.1. The molecule has 0 spiro atoms. The maximum atomic E-state index is 8.89. The van der Waals surface area contributed by atoms with Gasteiger partial charge in [0.25, 0.3) is 0 Å². The van der Waals surface area contributed by atoms with E-state index in [1.165, 1.54) is 0 Å². The third kappa shape index (κ3) is 1.55. The second kappa shape index (κ2) is 3.46. The largest absolute Gasteiger partial charge is 0.387 e. The Hall–Kier alpha value is -2.28. The van der Waals surface area contributed by atoms with E-state index in [0.29, 0.717) is 12.0 Å². The maximum absolute atomic E-state index is 8.89. The third-order valence-electron chi connectivity index (χ3n) is 2.30. The van der Waals surface area contributed by atoms with E-state index < -0.39 is 0 Å². The highest BCUT2D eigenvalue weighted by atomic mass is 14.7. The van der Waals surface area contributed by atoms with Crippen LogP contribution in [0.1, 0.15) is 11.1 Å². The highest BCUT2D eigenvalue weighted by Gasteiger charge is 2.07. The fourth-order valence-electron chi connectivity index (χ4n) is 1.66. The molecule has 0 aliphatic carbocycles. The van der Waals surface area contributed by atoms with Crippen LogP contribution in [0.5, 0.6) is 0 Å². The molecule has 0 saturated carbocycles. The highest BCUT2D eigenvalue weighted by Crippen LogP contribution is 2.21. The van der Waals surface area contributed by atoms with Gasteiger partial charge in [0, 0.05) is 18.0 Å². The Morgan fingerprint density at radius 1 is 1.53 bits per heavy atom. The summed E-state index contributed by atoms with van der Waals surface area (Å²) < 4.78 is 0. The van der Waals surface area contributed by atoms with Gasteiger partial charge in [-0.15, -0.1) is 0 Å². The molecule has 4 heteroatoms. The molecule has 0 bridgehead atoms. The Morgan fingerprint density at radius 3 is 3.00 bits per heavy atom. The van der Waals surface area contributed by atoms with Crippen molar-refractivity contribution in [2.24, 2.45) is 5.73 Å². The van der Waals surface area contributed by atoms with E-state index in [4.69, 9.17) is 16.4 Å². The lowest BCUT2D eigenvalue weighted by atomic mass is 10.1. The summed E-state index contributed by atoms with van der Waals surface area (Å²) in [5.41, 5.74) is 7.73. The molecule has 0 amide bonds. The van der Waals surface area contributed by atoms with Gasteiger partial charge in [0.15, 0.2) is 0 Å². The Morgan fingerprint density at radius 2 is 2.33 bits per heavy atom. The number of nitrogens with one attached hydrogen (secondary N) is 2. The first-order valence-corrected chi connectivity index (χ1v) is 4.54. The second-order valence-corrected chi connectivity index (χ2v) is 3.36. The Labute approximate surface area is 86.8 Å². The van der Waals surface area contributed by atoms with Crippen molar-refractivity contribution < 1.29 is 0 Å². The molecule has 0 atom stereocenters. The number of nitrogens with two attached hydrogens (primary N) is 1. The lowest BCUT2D eigenvalue weighted by Crippen LogP contribution is -2.12. The number of H-pyrrole nitrogens is 1. The molecule has 0 radical (unpaired) electrons. The van der Waals surface area contributed by atoms with Gasteiger partial charge < -0.3 is 10.7 Å². The number of aromatic nitrogens is 1. The van der Waals surface area contributed by atoms with Gasteiger partial charge in [-0.05, 0) is 11.6 Å². The SMILES string of the molecule is N#Cc1cccc2c(CC(=N)N)c[nH]c12. The monoisotopic (exact) mass is 198 g/mol. The minimum Gasteiger partial charge on any atom is -0.387 e. The number of hydrogen-bond donors (Lipinski definition) is 3. The molecule has 0 aliphatic heterocycles. The van der Waals surface area contributed by atoms with E-state index in [0.717, 1.165) is 16.5 Å². The van der Waals surface area contributed by atoms with Gasteiger partial charge >= 0.3 is 0 Å². The minimum atomic E-state index is 0.123. The van der Waals surface area contributed by atoms with Crippen molar-refractivity contribution in [2.75, 3.05) is 0 Å². The summed E-state index contributed by atoms with van der Waals surface area (Å²) in [7, 11) is 0. The van der Waals surface area contributed by atoms with E-state index in [9.17, 15) is 0 Å². The molecule has 15 heavy (non-hydrogen) atoms. The van der Waals surface area contributed by atoms with Crippen molar-refractivity contribution >= 4 is 16.7 Å². The number of amidine groups is 1. The molecule has 1 aromatic carbocycles. The van der Waals surface area contributed by atoms with Gasteiger partial charge in [-0.2, -0.15) is 5.26 Å². The van der Waals surface area contributed by atoms with Gasteiger partial charge in [0.2, 0.25) is 0 Å². The Kier molecular flexibility index (Phi) is 2.14. The molecule has 4 nitrogen and oxygen atoms in total. The van der Waals surface area contributed by atoms with E-state index in [1.807, 2.05) is 12.1 Å². The van der Waals surface area contributed by atoms with Gasteiger partial charge in [-0.1, -0.05) is 12.1 Å². The predicted molar refractivity (Wildman–Crippen MR) is 58.6 cm³/mol. The number of fused-ring (bicyclic) bond motifs is 1. The van der Waals surface area contributed by atoms with Gasteiger partial charge in [0.1, 0.15) is 6.07 Å². The maximum Gasteiger partial charge on any atom is 0.101 e. The zero-order valence-electron chi connectivity index (χ0n) is 8.04. The summed E-state index contributed by atoms with van der Waals surface area (Å²) in [6.07, 6.45) is 2.21. The molecule has 1 heterocycles. The average Bonchev–Trinajstić information content (AvgIpc) is 2.61. The van der Waals surface area contributed by atoms with Crippen molar-refractivity contribution in [3.8, 4) is 6.07 Å². The molecular formula is C11H10N4. The van der Waals surface area contributed by atoms with Crippen LogP contribution >= 0.6 is 0 Å². The predicted octanol–water partition coefficient (Wildman–Crippen LogP) is 1.52. The van der Waals surface area contributed by atoms with Crippen molar-refractivity contribution in [1.29, 1.82) is 10.7 Å². The second-order valence-electron chi connectivity index (χ2n) is 3.36. The molecular weight excluding hydrogens is 188 g/mol. The van der Waals surface area contributed by atoms with Crippen molar-refractivity contribution in [2.45, 2.75) is 6.42 Å². The molecule has 0 fully saturated rings. The molecule has 2 rings (SSSR count). The normalized spacial score (nSPS) is 10.1. The van der Waals surface area contributed by atoms with Crippen LogP contribution in [0.2, 0.25) is 0 Å². The van der Waals surface area contributed by atoms with Crippen LogP contribution in [0, 0.1) is 16.7 Å². The molecule has 1 aromatic heterocycles. The number of rotatable bonds is 2. The van der Waals surface area contributed by atoms with Gasteiger partial charge in [-0.25, -0.2) is 0 Å². The third-order valence-corrected chi connectivity index (χ3v) is 2.30. The van der Waals surface area contributed by atoms with Crippen LogP contribution in [-0.4, -0.2) is 10.8 Å². The highest BCUT2D eigenvalue weighted by molar-refractivity contribution is 5.91. The van der Waals surface area contributed by atoms with E-state index in [1.54, 1.807) is 12.3 Å². The average molecular weight is 198 g/mol. The van der Waals surface area contributed by atoms with E-state index in [-0.39, 0.29) is 5.84 Å². The number of aromatic amines is 1. The number of para-hydroxylation sites is 1. The Balaban J connectivity index is 2.62. The summed E-state index contributed by atoms with van der Waals surface area (Å²) in [6.45, 7) is 0. The summed E-state index contributed by atoms with van der Waals surface area (Å²) in [6, 6.07) is 7.63. The lowest BCUT2D eigenvalue weighted by molar-refractivity contribution is 1.26. The van der Waals surface area contributed by atoms with Crippen molar-refractivity contribution in [3.63, 3.8) is 0 Å². The summed E-state index contributed by atoms with van der Waals surface area (Å²) in [5.74, 6) is 0.123. The van der Waals surface area contributed by atoms with E-state index in [2.05, 4.69) is 11.1 Å². The topological polar surface area (TPSA) is 89.4 Å². The minimum absolute atomic E-state index is 0.123. The lowest BCUT2D eigenvalue weighted by Gasteiger charge is -1.97. The van der Waals surface area contributed by atoms with Crippen molar-refractivity contribution in [1.82, 2.24) is 4.98 Å². The van der Waals surface area contributed by atoms with Crippen molar-refractivity contribution in [3.05, 3.63) is 35.5 Å². The zero-order valence-corrected chi connectivity index (χ0v) is 8.04. The first-order chi connectivity index (χ1) is 7.22. The zero-order chi connectivity index (χ0) is 10.8. The molecule has 0 unspecified atom stereocenters. The summed E-state index contributed by atoms with van der Waals surface area (Å²) >= 11 is 0. The van der Waals surface area contributed by atoms with Gasteiger partial charge in [0.05, 0.1) is 16.9 Å². The smallest absolute Gasteiger partial charge is 0.101 e. The number of nitriles is 1. The summed E-state index contributed by atoms with van der Waals surface area (Å²) in [4.78, 5) is 3.04. The first kappa shape index (κ1) is 9.28. The molecule has 0 saturated heterocycles. The molecule has 2 aromatic rings. The van der Waals surface area contributed by atoms with Crippen LogP contribution in [0.3, 0.4) is 0 Å². The molecule has 74 valence electrons. The van der Waals surface area contributed by atoms with Crippen LogP contribution < -0.4 is 5.73 Å². The van der Waals surface area contributed by atoms with Crippen LogP contribution in [0.25, 0.3) is 10.9 Å². The Bertz CT molecular complexity index is 559. The fourth-order valence-corrected chi connectivity index (χ4v) is 1.66. The molecule has 0 aliphatic rings.